The lowest BCUT2D eigenvalue weighted by Gasteiger charge is -2.09. The van der Waals surface area contributed by atoms with Crippen LogP contribution in [0.25, 0.3) is 17.2 Å². The third-order valence-electron chi connectivity index (χ3n) is 4.79. The van der Waals surface area contributed by atoms with Crippen LogP contribution in [0.5, 0.6) is 0 Å². The second-order valence-electron chi connectivity index (χ2n) is 7.42. The van der Waals surface area contributed by atoms with Gasteiger partial charge in [-0.3, -0.25) is 0 Å². The molecule has 0 bridgehead atoms. The standard InChI is InChI=1S/C26H28N2O2S/c1-4-30-26(29)19(3)14-18(2)15-23-17-31-25(28-23)24(27)16-20-10-12-22(13-11-20)21-8-6-5-7-9-21/h5-15,17,24H,4,16,27H2,1-3H3/b18-15+,19-14-. The quantitative estimate of drug-likeness (QED) is 0.271. The van der Waals surface area contributed by atoms with Gasteiger partial charge in [-0.05, 0) is 61.6 Å². The van der Waals surface area contributed by atoms with Crippen molar-refractivity contribution in [2.75, 3.05) is 6.61 Å². The molecule has 160 valence electrons. The lowest BCUT2D eigenvalue weighted by molar-refractivity contribution is -0.138. The molecule has 1 atom stereocenters. The van der Waals surface area contributed by atoms with Crippen molar-refractivity contribution in [3.05, 3.63) is 93.5 Å². The van der Waals surface area contributed by atoms with Crippen LogP contribution >= 0.6 is 11.3 Å². The van der Waals surface area contributed by atoms with Gasteiger partial charge in [-0.15, -0.1) is 11.3 Å². The Labute approximate surface area is 188 Å². The number of carbonyl (C=O) groups is 1. The number of nitrogens with two attached hydrogens (primary N) is 1. The minimum Gasteiger partial charge on any atom is -0.463 e. The molecule has 0 aliphatic rings. The fraction of sp³-hybridized carbons (Fsp3) is 0.231. The van der Waals surface area contributed by atoms with Crippen LogP contribution in [0.3, 0.4) is 0 Å². The number of allylic oxidation sites excluding steroid dienone is 2. The molecule has 31 heavy (non-hydrogen) atoms. The number of benzene rings is 2. The van der Waals surface area contributed by atoms with Crippen LogP contribution in [0.4, 0.5) is 0 Å². The summed E-state index contributed by atoms with van der Waals surface area (Å²) in [5.74, 6) is -0.297. The third kappa shape index (κ3) is 6.48. The van der Waals surface area contributed by atoms with E-state index in [2.05, 4.69) is 41.4 Å². The molecule has 5 heteroatoms. The molecule has 0 spiro atoms. The maximum Gasteiger partial charge on any atom is 0.333 e. The SMILES string of the molecule is CCOC(=O)/C(C)=C\C(C)=C\c1csc(C(N)Cc2ccc(-c3ccccc3)cc2)n1. The summed E-state index contributed by atoms with van der Waals surface area (Å²) in [4.78, 5) is 16.4. The van der Waals surface area contributed by atoms with Crippen LogP contribution < -0.4 is 5.73 Å². The first kappa shape index (κ1) is 22.7. The molecule has 0 saturated heterocycles. The van der Waals surface area contributed by atoms with Gasteiger partial charge in [0, 0.05) is 11.0 Å². The zero-order valence-corrected chi connectivity index (χ0v) is 19.0. The molecule has 0 saturated carbocycles. The van der Waals surface area contributed by atoms with Crippen molar-refractivity contribution in [1.82, 2.24) is 4.98 Å². The van der Waals surface area contributed by atoms with E-state index >= 15 is 0 Å². The van der Waals surface area contributed by atoms with E-state index in [0.29, 0.717) is 12.2 Å². The molecule has 1 aromatic heterocycles. The number of carbonyl (C=O) groups excluding carboxylic acids is 1. The number of hydrogen-bond acceptors (Lipinski definition) is 5. The van der Waals surface area contributed by atoms with Gasteiger partial charge in [0.15, 0.2) is 0 Å². The predicted molar refractivity (Wildman–Crippen MR) is 129 cm³/mol. The van der Waals surface area contributed by atoms with Crippen LogP contribution in [0, 0.1) is 0 Å². The van der Waals surface area contributed by atoms with E-state index < -0.39 is 0 Å². The van der Waals surface area contributed by atoms with Gasteiger partial charge in [-0.2, -0.15) is 0 Å². The van der Waals surface area contributed by atoms with Gasteiger partial charge in [0.1, 0.15) is 5.01 Å². The normalized spacial score (nSPS) is 13.2. The lowest BCUT2D eigenvalue weighted by Crippen LogP contribution is -2.13. The minimum absolute atomic E-state index is 0.160. The summed E-state index contributed by atoms with van der Waals surface area (Å²) in [6.45, 7) is 5.86. The highest BCUT2D eigenvalue weighted by Gasteiger charge is 2.12. The smallest absolute Gasteiger partial charge is 0.333 e. The number of esters is 1. The van der Waals surface area contributed by atoms with Crippen LogP contribution in [-0.2, 0) is 16.0 Å². The fourth-order valence-corrected chi connectivity index (χ4v) is 4.04. The molecule has 0 radical (unpaired) electrons. The maximum absolute atomic E-state index is 11.8. The largest absolute Gasteiger partial charge is 0.463 e. The molecule has 0 aliphatic heterocycles. The van der Waals surface area contributed by atoms with E-state index in [9.17, 15) is 4.79 Å². The van der Waals surface area contributed by atoms with Crippen LogP contribution in [0.2, 0.25) is 0 Å². The number of thiazole rings is 1. The summed E-state index contributed by atoms with van der Waals surface area (Å²) in [7, 11) is 0. The van der Waals surface area contributed by atoms with E-state index in [-0.39, 0.29) is 12.0 Å². The molecule has 2 aromatic carbocycles. The van der Waals surface area contributed by atoms with Gasteiger partial charge in [-0.25, -0.2) is 9.78 Å². The first-order valence-corrected chi connectivity index (χ1v) is 11.2. The minimum atomic E-state index is -0.297. The van der Waals surface area contributed by atoms with Crippen molar-refractivity contribution in [1.29, 1.82) is 0 Å². The van der Waals surface area contributed by atoms with Gasteiger partial charge >= 0.3 is 5.97 Å². The monoisotopic (exact) mass is 432 g/mol. The van der Waals surface area contributed by atoms with Gasteiger partial charge in [-0.1, -0.05) is 54.6 Å². The molecule has 3 aromatic rings. The molecule has 0 aliphatic carbocycles. The Morgan fingerprint density at radius 1 is 1.10 bits per heavy atom. The summed E-state index contributed by atoms with van der Waals surface area (Å²) in [6, 6.07) is 18.7. The number of aromatic nitrogens is 1. The summed E-state index contributed by atoms with van der Waals surface area (Å²) in [5.41, 5.74) is 12.4. The van der Waals surface area contributed by atoms with Crippen molar-refractivity contribution in [3.8, 4) is 11.1 Å². The van der Waals surface area contributed by atoms with E-state index in [4.69, 9.17) is 10.5 Å². The van der Waals surface area contributed by atoms with Crippen LogP contribution in [0.15, 0.2) is 77.2 Å². The Morgan fingerprint density at radius 3 is 2.45 bits per heavy atom. The van der Waals surface area contributed by atoms with E-state index in [1.54, 1.807) is 25.2 Å². The van der Waals surface area contributed by atoms with Crippen molar-refractivity contribution in [3.63, 3.8) is 0 Å². The highest BCUT2D eigenvalue weighted by molar-refractivity contribution is 7.09. The zero-order valence-electron chi connectivity index (χ0n) is 18.2. The maximum atomic E-state index is 11.8. The average Bonchev–Trinajstić information content (AvgIpc) is 3.23. The molecule has 2 N–H and O–H groups in total. The topological polar surface area (TPSA) is 65.2 Å². The van der Waals surface area contributed by atoms with Crippen molar-refractivity contribution in [2.24, 2.45) is 5.73 Å². The molecule has 3 rings (SSSR count). The van der Waals surface area contributed by atoms with Gasteiger partial charge in [0.2, 0.25) is 0 Å². The second kappa shape index (κ2) is 10.8. The third-order valence-corrected chi connectivity index (χ3v) is 5.79. The van der Waals surface area contributed by atoms with Crippen molar-refractivity contribution >= 4 is 23.4 Å². The average molecular weight is 433 g/mol. The van der Waals surface area contributed by atoms with Crippen molar-refractivity contribution in [2.45, 2.75) is 33.2 Å². The number of rotatable bonds is 8. The van der Waals surface area contributed by atoms with Crippen LogP contribution in [-0.4, -0.2) is 17.6 Å². The molecule has 1 unspecified atom stereocenters. The van der Waals surface area contributed by atoms with Gasteiger partial charge < -0.3 is 10.5 Å². The predicted octanol–water partition coefficient (Wildman–Crippen LogP) is 5.97. The summed E-state index contributed by atoms with van der Waals surface area (Å²) >= 11 is 1.56. The molecular formula is C26H28N2O2S. The molecular weight excluding hydrogens is 404 g/mol. The summed E-state index contributed by atoms with van der Waals surface area (Å²) in [5, 5.41) is 2.89. The van der Waals surface area contributed by atoms with E-state index in [0.717, 1.165) is 22.7 Å². The van der Waals surface area contributed by atoms with E-state index in [1.807, 2.05) is 42.7 Å². The van der Waals surface area contributed by atoms with Gasteiger partial charge in [0.25, 0.3) is 0 Å². The fourth-order valence-electron chi connectivity index (χ4n) is 3.26. The molecule has 1 heterocycles. The Morgan fingerprint density at radius 2 is 1.77 bits per heavy atom. The Hall–Kier alpha value is -3.02. The summed E-state index contributed by atoms with van der Waals surface area (Å²) < 4.78 is 5.01. The Balaban J connectivity index is 1.64. The van der Waals surface area contributed by atoms with E-state index in [1.165, 1.54) is 16.7 Å². The Bertz CT molecular complexity index is 1070. The first-order chi connectivity index (χ1) is 15.0. The number of hydrogen-bond donors (Lipinski definition) is 1. The first-order valence-electron chi connectivity index (χ1n) is 10.4. The Kier molecular flexibility index (Phi) is 7.93. The molecule has 0 amide bonds. The molecule has 4 nitrogen and oxygen atoms in total. The van der Waals surface area contributed by atoms with Gasteiger partial charge in [0.05, 0.1) is 18.3 Å². The number of ether oxygens (including phenoxy) is 1. The lowest BCUT2D eigenvalue weighted by atomic mass is 10.0. The van der Waals surface area contributed by atoms with Crippen LogP contribution in [0.1, 0.15) is 43.1 Å². The highest BCUT2D eigenvalue weighted by atomic mass is 32.1. The van der Waals surface area contributed by atoms with Crippen molar-refractivity contribution < 1.29 is 9.53 Å². The highest BCUT2D eigenvalue weighted by Crippen LogP contribution is 2.24. The second-order valence-corrected chi connectivity index (χ2v) is 8.31. The zero-order chi connectivity index (χ0) is 22.2. The number of nitrogens with zero attached hydrogens (tertiary/aromatic N) is 1. The molecule has 0 fully saturated rings. The summed E-state index contributed by atoms with van der Waals surface area (Å²) in [6.07, 6.45) is 4.49.